The molecule has 204 valence electrons. The molecule has 0 radical (unpaired) electrons. The van der Waals surface area contributed by atoms with Gasteiger partial charge >= 0.3 is 0 Å². The molecule has 0 saturated carbocycles. The lowest BCUT2D eigenvalue weighted by molar-refractivity contribution is 0.0984. The summed E-state index contributed by atoms with van der Waals surface area (Å²) in [6.45, 7) is 9.38. The van der Waals surface area contributed by atoms with Crippen molar-refractivity contribution in [3.63, 3.8) is 0 Å². The number of rotatable bonds is 8. The number of methoxy groups -OCH3 is 1. The van der Waals surface area contributed by atoms with E-state index in [9.17, 15) is 4.79 Å². The van der Waals surface area contributed by atoms with E-state index in [0.717, 1.165) is 66.3 Å². The smallest absolute Gasteiger partial charge is 0.253 e. The first-order valence-corrected chi connectivity index (χ1v) is 13.2. The average molecular weight is 532 g/mol. The molecule has 2 aromatic carbocycles. The Morgan fingerprint density at radius 3 is 2.69 bits per heavy atom. The Bertz CT molecular complexity index is 1540. The van der Waals surface area contributed by atoms with Crippen LogP contribution in [0.5, 0.6) is 11.5 Å². The highest BCUT2D eigenvalue weighted by atomic mass is 16.7. The molecule has 4 heterocycles. The van der Waals surface area contributed by atoms with Crippen LogP contribution in [0.15, 0.2) is 41.2 Å². The quantitative estimate of drug-likeness (QED) is 0.366. The van der Waals surface area contributed by atoms with Gasteiger partial charge in [0.1, 0.15) is 6.04 Å². The standard InChI is InChI=1S/C28H33N7O4/c1-18-12-19(2)21-15-22(28(36)29-23(21)13-18)26(27-30-31-32-35(27)10-11-37-3)34-8-6-33(7-9-34)16-20-4-5-24-25(14-20)39-17-38-24/h4-5,12-15,26H,6-11,16-17H2,1-3H3,(H,29,36)/t26-/m1/s1. The third-order valence-corrected chi connectivity index (χ3v) is 7.56. The summed E-state index contributed by atoms with van der Waals surface area (Å²) in [6.07, 6.45) is 0. The Hall–Kier alpha value is -3.80. The number of piperazine rings is 1. The molecule has 0 unspecified atom stereocenters. The van der Waals surface area contributed by atoms with Crippen LogP contribution in [-0.2, 0) is 17.8 Å². The van der Waals surface area contributed by atoms with Crippen LogP contribution >= 0.6 is 0 Å². The van der Waals surface area contributed by atoms with Gasteiger partial charge in [-0.05, 0) is 65.2 Å². The predicted octanol–water partition coefficient (Wildman–Crippen LogP) is 2.41. The van der Waals surface area contributed by atoms with Gasteiger partial charge < -0.3 is 19.2 Å². The minimum absolute atomic E-state index is 0.124. The SMILES string of the molecule is COCCn1nnnc1[C@@H](c1cc2c(C)cc(C)cc2[nH]c1=O)N1CCN(Cc2ccc3c(c2)OCO3)CC1. The fourth-order valence-electron chi connectivity index (χ4n) is 5.61. The van der Waals surface area contributed by atoms with Crippen molar-refractivity contribution in [2.45, 2.75) is 33.0 Å². The second-order valence-electron chi connectivity index (χ2n) is 10.3. The molecular weight excluding hydrogens is 498 g/mol. The zero-order chi connectivity index (χ0) is 26.9. The molecular formula is C28H33N7O4. The van der Waals surface area contributed by atoms with E-state index < -0.39 is 6.04 Å². The second-order valence-corrected chi connectivity index (χ2v) is 10.3. The largest absolute Gasteiger partial charge is 0.454 e. The number of benzene rings is 2. The molecule has 1 N–H and O–H groups in total. The summed E-state index contributed by atoms with van der Waals surface area (Å²) < 4.78 is 18.0. The molecule has 2 aliphatic heterocycles. The van der Waals surface area contributed by atoms with Gasteiger partial charge in [-0.3, -0.25) is 14.6 Å². The van der Waals surface area contributed by atoms with Gasteiger partial charge in [-0.2, -0.15) is 0 Å². The topological polar surface area (TPSA) is 111 Å². The van der Waals surface area contributed by atoms with Crippen LogP contribution in [0.2, 0.25) is 0 Å². The number of pyridine rings is 1. The van der Waals surface area contributed by atoms with Crippen LogP contribution in [0, 0.1) is 13.8 Å². The van der Waals surface area contributed by atoms with E-state index in [1.165, 1.54) is 5.56 Å². The first-order chi connectivity index (χ1) is 19.0. The lowest BCUT2D eigenvalue weighted by Gasteiger charge is -2.38. The number of aryl methyl sites for hydroxylation is 2. The molecule has 11 nitrogen and oxygen atoms in total. The maximum absolute atomic E-state index is 13.5. The number of tetrazole rings is 1. The molecule has 11 heteroatoms. The molecule has 1 saturated heterocycles. The van der Waals surface area contributed by atoms with E-state index in [1.54, 1.807) is 11.8 Å². The van der Waals surface area contributed by atoms with Crippen molar-refractivity contribution in [2.24, 2.45) is 0 Å². The Labute approximate surface area is 226 Å². The molecule has 2 aliphatic rings. The second kappa shape index (κ2) is 10.8. The molecule has 0 aliphatic carbocycles. The van der Waals surface area contributed by atoms with Gasteiger partial charge in [-0.1, -0.05) is 12.1 Å². The third kappa shape index (κ3) is 5.12. The third-order valence-electron chi connectivity index (χ3n) is 7.56. The van der Waals surface area contributed by atoms with Gasteiger partial charge in [0.05, 0.1) is 13.2 Å². The maximum Gasteiger partial charge on any atom is 0.253 e. The Morgan fingerprint density at radius 1 is 1.05 bits per heavy atom. The number of H-pyrrole nitrogens is 1. The van der Waals surface area contributed by atoms with Crippen molar-refractivity contribution in [3.05, 3.63) is 74.8 Å². The van der Waals surface area contributed by atoms with Crippen molar-refractivity contribution >= 4 is 10.9 Å². The van der Waals surface area contributed by atoms with Crippen molar-refractivity contribution < 1.29 is 14.2 Å². The lowest BCUT2D eigenvalue weighted by atomic mass is 9.99. The van der Waals surface area contributed by atoms with Gasteiger partial charge in [0, 0.05) is 56.3 Å². The highest BCUT2D eigenvalue weighted by Crippen LogP contribution is 2.33. The van der Waals surface area contributed by atoms with E-state index in [0.29, 0.717) is 24.5 Å². The van der Waals surface area contributed by atoms with E-state index in [-0.39, 0.29) is 12.4 Å². The number of hydrogen-bond donors (Lipinski definition) is 1. The number of hydrogen-bond acceptors (Lipinski definition) is 9. The van der Waals surface area contributed by atoms with Gasteiger partial charge in [0.2, 0.25) is 6.79 Å². The van der Waals surface area contributed by atoms with Crippen LogP contribution in [0.1, 0.15) is 34.1 Å². The summed E-state index contributed by atoms with van der Waals surface area (Å²) in [6, 6.07) is 11.9. The van der Waals surface area contributed by atoms with Crippen LogP contribution in [0.4, 0.5) is 0 Å². The Morgan fingerprint density at radius 2 is 1.87 bits per heavy atom. The number of nitrogens with one attached hydrogen (secondary N) is 1. The van der Waals surface area contributed by atoms with E-state index in [1.807, 2.05) is 25.1 Å². The predicted molar refractivity (Wildman–Crippen MR) is 145 cm³/mol. The molecule has 1 fully saturated rings. The molecule has 0 bridgehead atoms. The molecule has 6 rings (SSSR count). The average Bonchev–Trinajstić information content (AvgIpc) is 3.58. The van der Waals surface area contributed by atoms with Gasteiger partial charge in [0.25, 0.3) is 5.56 Å². The summed E-state index contributed by atoms with van der Waals surface area (Å²) in [5, 5.41) is 13.6. The lowest BCUT2D eigenvalue weighted by Crippen LogP contribution is -2.48. The van der Waals surface area contributed by atoms with Gasteiger partial charge in [0.15, 0.2) is 17.3 Å². The molecule has 0 amide bonds. The van der Waals surface area contributed by atoms with Crippen LogP contribution in [-0.4, -0.2) is 81.7 Å². The van der Waals surface area contributed by atoms with Crippen molar-refractivity contribution in [2.75, 3.05) is 46.7 Å². The van der Waals surface area contributed by atoms with Crippen LogP contribution in [0.3, 0.4) is 0 Å². The zero-order valence-electron chi connectivity index (χ0n) is 22.5. The number of aromatic nitrogens is 5. The molecule has 2 aromatic heterocycles. The number of nitrogens with zero attached hydrogens (tertiary/aromatic N) is 6. The number of ether oxygens (including phenoxy) is 3. The van der Waals surface area contributed by atoms with E-state index >= 15 is 0 Å². The number of aromatic amines is 1. The molecule has 0 spiro atoms. The highest BCUT2D eigenvalue weighted by molar-refractivity contribution is 5.83. The molecule has 39 heavy (non-hydrogen) atoms. The monoisotopic (exact) mass is 531 g/mol. The van der Waals surface area contributed by atoms with Gasteiger partial charge in [-0.25, -0.2) is 4.68 Å². The van der Waals surface area contributed by atoms with Gasteiger partial charge in [-0.15, -0.1) is 5.10 Å². The Balaban J connectivity index is 1.30. The number of fused-ring (bicyclic) bond motifs is 2. The summed E-state index contributed by atoms with van der Waals surface area (Å²) in [4.78, 5) is 21.4. The maximum atomic E-state index is 13.5. The van der Waals surface area contributed by atoms with Crippen molar-refractivity contribution in [3.8, 4) is 11.5 Å². The van der Waals surface area contributed by atoms with Crippen molar-refractivity contribution in [1.29, 1.82) is 0 Å². The summed E-state index contributed by atoms with van der Waals surface area (Å²) in [7, 11) is 1.65. The zero-order valence-corrected chi connectivity index (χ0v) is 22.5. The van der Waals surface area contributed by atoms with Crippen molar-refractivity contribution in [1.82, 2.24) is 35.0 Å². The highest BCUT2D eigenvalue weighted by Gasteiger charge is 2.33. The fraction of sp³-hybridized carbons (Fsp3) is 0.429. The normalized spacial score (nSPS) is 16.7. The molecule has 4 aromatic rings. The summed E-state index contributed by atoms with van der Waals surface area (Å²) >= 11 is 0. The minimum atomic E-state index is -0.390. The summed E-state index contributed by atoms with van der Waals surface area (Å²) in [5.41, 5.74) is 4.78. The van der Waals surface area contributed by atoms with Crippen LogP contribution in [0.25, 0.3) is 10.9 Å². The van der Waals surface area contributed by atoms with Crippen LogP contribution < -0.4 is 15.0 Å². The molecule has 1 atom stereocenters. The Kier molecular flexibility index (Phi) is 7.03. The van der Waals surface area contributed by atoms with E-state index in [4.69, 9.17) is 14.2 Å². The minimum Gasteiger partial charge on any atom is -0.454 e. The van der Waals surface area contributed by atoms with E-state index in [2.05, 4.69) is 55.4 Å². The first-order valence-electron chi connectivity index (χ1n) is 13.2. The fourth-order valence-corrected chi connectivity index (χ4v) is 5.61. The first kappa shape index (κ1) is 25.5. The summed E-state index contributed by atoms with van der Waals surface area (Å²) in [5.74, 6) is 2.24.